The van der Waals surface area contributed by atoms with Gasteiger partial charge in [0.05, 0.1) is 10.9 Å². The number of nitrogens with zero attached hydrogens (tertiary/aromatic N) is 7. The van der Waals surface area contributed by atoms with Gasteiger partial charge in [0, 0.05) is 61.1 Å². The topological polar surface area (TPSA) is 128 Å². The fourth-order valence-corrected chi connectivity index (χ4v) is 7.49. The van der Waals surface area contributed by atoms with Crippen LogP contribution in [-0.2, 0) is 11.0 Å². The molecule has 8 rings (SSSR count). The third-order valence-electron chi connectivity index (χ3n) is 10.2. The number of β-amino-alcohol motifs (C(OH)–C–C–N with tert-alkyl or cyclic N) is 1. The lowest BCUT2D eigenvalue weighted by molar-refractivity contribution is -0.141. The number of H-pyrrole nitrogens is 1. The maximum absolute atomic E-state index is 14.0. The highest BCUT2D eigenvalue weighted by Gasteiger charge is 2.51. The first-order chi connectivity index (χ1) is 24.1. The third-order valence-corrected chi connectivity index (χ3v) is 10.2. The Morgan fingerprint density at radius 3 is 2.56 bits per heavy atom. The number of fused-ring (bicyclic) bond motifs is 1. The van der Waals surface area contributed by atoms with Gasteiger partial charge in [-0.05, 0) is 86.3 Å². The number of hydrogen-bond acceptors (Lipinski definition) is 9. The lowest BCUT2D eigenvalue weighted by Gasteiger charge is -2.33. The van der Waals surface area contributed by atoms with Gasteiger partial charge < -0.3 is 14.5 Å². The Morgan fingerprint density at radius 2 is 1.82 bits per heavy atom. The molecule has 258 valence electrons. The van der Waals surface area contributed by atoms with Crippen molar-refractivity contribution in [2.75, 3.05) is 44.2 Å². The summed E-state index contributed by atoms with van der Waals surface area (Å²) >= 11 is 0. The number of likely N-dealkylation sites (tertiary alicyclic amines) is 1. The second-order valence-corrected chi connectivity index (χ2v) is 13.4. The second kappa shape index (κ2) is 12.4. The fraction of sp³-hybridized carbons (Fsp3) is 0.361. The van der Waals surface area contributed by atoms with Gasteiger partial charge in [0.1, 0.15) is 17.6 Å². The monoisotopic (exact) mass is 684 g/mol. The van der Waals surface area contributed by atoms with Crippen molar-refractivity contribution in [2.45, 2.75) is 38.6 Å². The molecule has 2 N–H and O–H groups in total. The molecule has 2 saturated heterocycles. The van der Waals surface area contributed by atoms with Crippen LogP contribution in [-0.4, -0.2) is 91.6 Å². The smallest absolute Gasteiger partial charge is 0.377 e. The van der Waals surface area contributed by atoms with Gasteiger partial charge in [-0.15, -0.1) is 0 Å². The van der Waals surface area contributed by atoms with E-state index in [0.29, 0.717) is 79.6 Å². The number of aromatic nitrogens is 5. The highest BCUT2D eigenvalue weighted by Crippen LogP contribution is 2.43. The number of anilines is 1. The summed E-state index contributed by atoms with van der Waals surface area (Å²) in [7, 11) is 0. The minimum Gasteiger partial charge on any atom is -0.377 e. The van der Waals surface area contributed by atoms with Crippen molar-refractivity contribution in [1.82, 2.24) is 35.1 Å². The van der Waals surface area contributed by atoms with Crippen molar-refractivity contribution in [2.24, 2.45) is 5.41 Å². The Balaban J connectivity index is 0.901. The van der Waals surface area contributed by atoms with Gasteiger partial charge in [-0.3, -0.25) is 24.7 Å². The molecule has 2 aromatic carbocycles. The number of carbonyl (C=O) groups excluding carboxylic acids is 1. The van der Waals surface area contributed by atoms with E-state index in [1.807, 2.05) is 24.3 Å². The van der Waals surface area contributed by atoms with Crippen LogP contribution < -0.4 is 4.90 Å². The molecule has 50 heavy (non-hydrogen) atoms. The summed E-state index contributed by atoms with van der Waals surface area (Å²) in [5.74, 6) is 1.13. The molecule has 14 heteroatoms. The number of hydrogen-bond donors (Lipinski definition) is 2. The van der Waals surface area contributed by atoms with Gasteiger partial charge in [-0.1, -0.05) is 23.4 Å². The summed E-state index contributed by atoms with van der Waals surface area (Å²) in [4.78, 5) is 27.7. The Labute approximate surface area is 285 Å². The summed E-state index contributed by atoms with van der Waals surface area (Å²) in [6.07, 6.45) is 0.249. The molecule has 2 fully saturated rings. The van der Waals surface area contributed by atoms with Crippen molar-refractivity contribution < 1.29 is 27.6 Å². The van der Waals surface area contributed by atoms with E-state index in [4.69, 9.17) is 4.52 Å². The van der Waals surface area contributed by atoms with Crippen LogP contribution in [0.25, 0.3) is 39.2 Å². The molecule has 2 atom stereocenters. The summed E-state index contributed by atoms with van der Waals surface area (Å²) in [5.41, 5.74) is 3.69. The molecular weight excluding hydrogens is 649 g/mol. The SMILES string of the molecule is Cc1noc(-c2ccc(C3=CCN(C(O)CN4CC[C@]5(CCN(c6ccc7[nH]nc(-c8ccnc(C(F)(F)F)c8)c7c6)C5=O)C4)CC3)cc2)n1. The zero-order chi connectivity index (χ0) is 34.6. The average Bonchev–Trinajstić information content (AvgIpc) is 3.92. The lowest BCUT2D eigenvalue weighted by Crippen LogP contribution is -2.46. The molecule has 5 aromatic rings. The highest BCUT2D eigenvalue weighted by molar-refractivity contribution is 6.03. The van der Waals surface area contributed by atoms with Gasteiger partial charge >= 0.3 is 6.18 Å². The number of aromatic amines is 1. The van der Waals surface area contributed by atoms with Gasteiger partial charge in [0.15, 0.2) is 5.82 Å². The molecular formula is C36H35F3N8O3. The molecule has 6 heterocycles. The van der Waals surface area contributed by atoms with Crippen molar-refractivity contribution >= 4 is 28.1 Å². The molecule has 1 amide bonds. The van der Waals surface area contributed by atoms with Crippen LogP contribution in [0.3, 0.4) is 0 Å². The number of alkyl halides is 3. The van der Waals surface area contributed by atoms with Crippen molar-refractivity contribution in [3.8, 4) is 22.7 Å². The number of carbonyl (C=O) groups is 1. The van der Waals surface area contributed by atoms with Crippen molar-refractivity contribution in [3.63, 3.8) is 0 Å². The number of aliphatic hydroxyl groups excluding tert-OH is 1. The van der Waals surface area contributed by atoms with Gasteiger partial charge in [-0.25, -0.2) is 0 Å². The number of aliphatic hydroxyl groups is 1. The number of benzene rings is 2. The Hall–Kier alpha value is -4.92. The predicted octanol–water partition coefficient (Wildman–Crippen LogP) is 5.54. The zero-order valence-corrected chi connectivity index (χ0v) is 27.3. The first-order valence-electron chi connectivity index (χ1n) is 16.6. The number of halogens is 3. The molecule has 3 aromatic heterocycles. The zero-order valence-electron chi connectivity index (χ0n) is 27.3. The largest absolute Gasteiger partial charge is 0.433 e. The Bertz CT molecular complexity index is 2090. The molecule has 0 bridgehead atoms. The number of rotatable bonds is 7. The van der Waals surface area contributed by atoms with Crippen LogP contribution in [0.1, 0.15) is 36.3 Å². The maximum atomic E-state index is 14.0. The molecule has 1 unspecified atom stereocenters. The quantitative estimate of drug-likeness (QED) is 0.227. The minimum atomic E-state index is -4.57. The Morgan fingerprint density at radius 1 is 1.02 bits per heavy atom. The number of pyridine rings is 1. The van der Waals surface area contributed by atoms with Gasteiger partial charge in [-0.2, -0.15) is 23.3 Å². The van der Waals surface area contributed by atoms with Crippen LogP contribution >= 0.6 is 0 Å². The summed E-state index contributed by atoms with van der Waals surface area (Å²) < 4.78 is 45.3. The van der Waals surface area contributed by atoms with Crippen LogP contribution in [0.2, 0.25) is 0 Å². The van der Waals surface area contributed by atoms with E-state index in [1.54, 1.807) is 17.9 Å². The van der Waals surface area contributed by atoms with Gasteiger partial charge in [0.25, 0.3) is 5.89 Å². The third kappa shape index (κ3) is 5.97. The first kappa shape index (κ1) is 32.3. The standard InChI is InChI=1S/C36H35F3N8O3/c1-22-41-33(50-44-22)25-4-2-23(3-5-25)24-9-14-46(15-10-24)31(48)20-45-16-11-35(21-45)12-17-47(34(35)49)27-6-7-29-28(19-27)32(43-42-29)26-8-13-40-30(18-26)36(37,38)39/h2-9,13,18-19,31,48H,10-12,14-17,20-21H2,1H3,(H,42,43)/t31?,35-/m0/s1. The maximum Gasteiger partial charge on any atom is 0.433 e. The van der Waals surface area contributed by atoms with E-state index >= 15 is 0 Å². The number of nitrogens with one attached hydrogen (secondary N) is 1. The summed E-state index contributed by atoms with van der Waals surface area (Å²) in [6.45, 7) is 5.40. The highest BCUT2D eigenvalue weighted by atomic mass is 19.4. The average molecular weight is 685 g/mol. The van der Waals surface area contributed by atoms with E-state index in [-0.39, 0.29) is 11.5 Å². The molecule has 0 radical (unpaired) electrons. The predicted molar refractivity (Wildman–Crippen MR) is 179 cm³/mol. The van der Waals surface area contributed by atoms with Gasteiger partial charge in [0.2, 0.25) is 5.91 Å². The molecule has 0 saturated carbocycles. The van der Waals surface area contributed by atoms with E-state index in [1.165, 1.54) is 11.6 Å². The van der Waals surface area contributed by atoms with E-state index < -0.39 is 23.5 Å². The normalized spacial score (nSPS) is 21.1. The molecule has 1 spiro atoms. The fourth-order valence-electron chi connectivity index (χ4n) is 7.49. The van der Waals surface area contributed by atoms with E-state index in [0.717, 1.165) is 36.4 Å². The van der Waals surface area contributed by atoms with Crippen LogP contribution in [0.4, 0.5) is 18.9 Å². The molecule has 3 aliphatic heterocycles. The summed E-state index contributed by atoms with van der Waals surface area (Å²) in [5, 5.41) is 22.9. The van der Waals surface area contributed by atoms with Crippen molar-refractivity contribution in [3.05, 3.63) is 84.0 Å². The first-order valence-corrected chi connectivity index (χ1v) is 16.6. The summed E-state index contributed by atoms with van der Waals surface area (Å²) in [6, 6.07) is 16.0. The molecule has 11 nitrogen and oxygen atoms in total. The van der Waals surface area contributed by atoms with Crippen molar-refractivity contribution in [1.29, 1.82) is 0 Å². The van der Waals surface area contributed by atoms with Crippen LogP contribution in [0.5, 0.6) is 0 Å². The van der Waals surface area contributed by atoms with Crippen LogP contribution in [0, 0.1) is 12.3 Å². The van der Waals surface area contributed by atoms with Crippen LogP contribution in [0.15, 0.2) is 71.4 Å². The number of amides is 1. The minimum absolute atomic E-state index is 0.0351. The Kier molecular flexibility index (Phi) is 8.04. The lowest BCUT2D eigenvalue weighted by atomic mass is 9.85. The van der Waals surface area contributed by atoms with E-state index in [9.17, 15) is 23.1 Å². The number of aryl methyl sites for hydroxylation is 1. The van der Waals surface area contributed by atoms with E-state index in [2.05, 4.69) is 53.3 Å². The molecule has 0 aliphatic carbocycles. The second-order valence-electron chi connectivity index (χ2n) is 13.4. The molecule has 3 aliphatic rings.